The first-order chi connectivity index (χ1) is 9.11. The van der Waals surface area contributed by atoms with Crippen LogP contribution in [0.25, 0.3) is 0 Å². The second kappa shape index (κ2) is 5.83. The van der Waals surface area contributed by atoms with Crippen LogP contribution in [0.2, 0.25) is 0 Å². The minimum Gasteiger partial charge on any atom is -0.479 e. The zero-order valence-electron chi connectivity index (χ0n) is 11.1. The largest absolute Gasteiger partial charge is 0.479 e. The summed E-state index contributed by atoms with van der Waals surface area (Å²) in [5.74, 6) is 0.621. The van der Waals surface area contributed by atoms with Crippen molar-refractivity contribution < 1.29 is 14.6 Å². The van der Waals surface area contributed by atoms with Gasteiger partial charge in [0.1, 0.15) is 18.0 Å². The van der Waals surface area contributed by atoms with Gasteiger partial charge in [0.15, 0.2) is 6.10 Å². The molecule has 2 rings (SSSR count). The average Bonchev–Trinajstić information content (AvgIpc) is 2.46. The third-order valence-corrected chi connectivity index (χ3v) is 3.17. The van der Waals surface area contributed by atoms with E-state index in [2.05, 4.69) is 9.97 Å². The maximum absolute atomic E-state index is 11.0. The Labute approximate surface area is 111 Å². The van der Waals surface area contributed by atoms with Crippen molar-refractivity contribution in [3.05, 3.63) is 12.4 Å². The number of rotatable bonds is 4. The van der Waals surface area contributed by atoms with Crippen LogP contribution in [0.5, 0.6) is 0 Å². The van der Waals surface area contributed by atoms with E-state index in [0.717, 1.165) is 18.2 Å². The highest BCUT2D eigenvalue weighted by Crippen LogP contribution is 2.19. The van der Waals surface area contributed by atoms with Crippen LogP contribution < -0.4 is 9.80 Å². The van der Waals surface area contributed by atoms with E-state index >= 15 is 0 Å². The van der Waals surface area contributed by atoms with Crippen molar-refractivity contribution in [2.75, 3.05) is 43.1 Å². The number of hydrogen-bond donors (Lipinski definition) is 1. The van der Waals surface area contributed by atoms with Crippen molar-refractivity contribution in [2.24, 2.45) is 0 Å². The Bertz CT molecular complexity index is 454. The Morgan fingerprint density at radius 3 is 3.11 bits per heavy atom. The van der Waals surface area contributed by atoms with Gasteiger partial charge in [0.05, 0.1) is 13.2 Å². The molecule has 2 heterocycles. The summed E-state index contributed by atoms with van der Waals surface area (Å²) in [5.41, 5.74) is 0. The molecule has 104 valence electrons. The summed E-state index contributed by atoms with van der Waals surface area (Å²) in [4.78, 5) is 23.3. The summed E-state index contributed by atoms with van der Waals surface area (Å²) < 4.78 is 5.19. The van der Waals surface area contributed by atoms with Gasteiger partial charge in [-0.05, 0) is 6.92 Å². The number of carbonyl (C=O) groups is 1. The van der Waals surface area contributed by atoms with E-state index in [1.807, 2.05) is 29.8 Å². The van der Waals surface area contributed by atoms with Gasteiger partial charge >= 0.3 is 5.97 Å². The van der Waals surface area contributed by atoms with Gasteiger partial charge in [-0.25, -0.2) is 14.8 Å². The SMILES string of the molecule is CCN(C)c1cc(N2CCOC(C(=O)O)C2)ncn1. The lowest BCUT2D eigenvalue weighted by Gasteiger charge is -2.32. The van der Waals surface area contributed by atoms with Gasteiger partial charge in [-0.2, -0.15) is 0 Å². The van der Waals surface area contributed by atoms with Crippen molar-refractivity contribution >= 4 is 17.6 Å². The molecule has 1 unspecified atom stereocenters. The maximum atomic E-state index is 11.0. The van der Waals surface area contributed by atoms with E-state index in [0.29, 0.717) is 19.7 Å². The zero-order chi connectivity index (χ0) is 13.8. The van der Waals surface area contributed by atoms with Gasteiger partial charge in [-0.1, -0.05) is 0 Å². The molecule has 0 aliphatic carbocycles. The van der Waals surface area contributed by atoms with Crippen molar-refractivity contribution in [3.63, 3.8) is 0 Å². The molecule has 1 aliphatic rings. The molecule has 0 amide bonds. The van der Waals surface area contributed by atoms with Crippen LogP contribution >= 0.6 is 0 Å². The highest BCUT2D eigenvalue weighted by Gasteiger charge is 2.27. The molecule has 1 N–H and O–H groups in total. The molecular formula is C12H18N4O3. The molecule has 0 saturated carbocycles. The number of aliphatic carboxylic acids is 1. The van der Waals surface area contributed by atoms with E-state index in [1.54, 1.807) is 0 Å². The molecule has 1 saturated heterocycles. The summed E-state index contributed by atoms with van der Waals surface area (Å²) in [7, 11) is 1.95. The third kappa shape index (κ3) is 3.11. The van der Waals surface area contributed by atoms with Crippen LogP contribution in [-0.4, -0.2) is 60.4 Å². The van der Waals surface area contributed by atoms with Crippen LogP contribution in [0.15, 0.2) is 12.4 Å². The van der Waals surface area contributed by atoms with E-state index in [9.17, 15) is 4.79 Å². The molecule has 7 heteroatoms. The van der Waals surface area contributed by atoms with Gasteiger partial charge in [-0.3, -0.25) is 0 Å². The van der Waals surface area contributed by atoms with Crippen molar-refractivity contribution in [3.8, 4) is 0 Å². The molecule has 1 aliphatic heterocycles. The van der Waals surface area contributed by atoms with Crippen molar-refractivity contribution in [2.45, 2.75) is 13.0 Å². The normalized spacial score (nSPS) is 19.3. The van der Waals surface area contributed by atoms with Gasteiger partial charge in [0.2, 0.25) is 0 Å². The summed E-state index contributed by atoms with van der Waals surface area (Å²) in [6.07, 6.45) is 0.707. The van der Waals surface area contributed by atoms with E-state index < -0.39 is 12.1 Å². The summed E-state index contributed by atoms with van der Waals surface area (Å²) in [5, 5.41) is 8.99. The third-order valence-electron chi connectivity index (χ3n) is 3.17. The zero-order valence-corrected chi connectivity index (χ0v) is 11.1. The van der Waals surface area contributed by atoms with E-state index in [4.69, 9.17) is 9.84 Å². The molecule has 1 fully saturated rings. The number of ether oxygens (including phenoxy) is 1. The van der Waals surface area contributed by atoms with Gasteiger partial charge in [0, 0.05) is 26.2 Å². The molecule has 1 aromatic heterocycles. The number of carboxylic acid groups (broad SMARTS) is 1. The molecule has 7 nitrogen and oxygen atoms in total. The van der Waals surface area contributed by atoms with Crippen molar-refractivity contribution in [1.82, 2.24) is 9.97 Å². The fraction of sp³-hybridized carbons (Fsp3) is 0.583. The number of aromatic nitrogens is 2. The van der Waals surface area contributed by atoms with Gasteiger partial charge < -0.3 is 19.6 Å². The molecule has 1 atom stereocenters. The fourth-order valence-electron chi connectivity index (χ4n) is 1.89. The van der Waals surface area contributed by atoms with Gasteiger partial charge in [-0.15, -0.1) is 0 Å². The number of hydrogen-bond acceptors (Lipinski definition) is 6. The Balaban J connectivity index is 2.15. The molecule has 0 bridgehead atoms. The second-order valence-corrected chi connectivity index (χ2v) is 4.39. The van der Waals surface area contributed by atoms with Crippen LogP contribution in [0.1, 0.15) is 6.92 Å². The Kier molecular flexibility index (Phi) is 4.16. The first-order valence-electron chi connectivity index (χ1n) is 6.24. The Morgan fingerprint density at radius 1 is 1.63 bits per heavy atom. The predicted octanol–water partition coefficient (Wildman–Crippen LogP) is 0.223. The monoisotopic (exact) mass is 266 g/mol. The number of carboxylic acids is 1. The number of nitrogens with zero attached hydrogens (tertiary/aromatic N) is 4. The highest BCUT2D eigenvalue weighted by molar-refractivity contribution is 5.73. The summed E-state index contributed by atoms with van der Waals surface area (Å²) in [6.45, 7) is 4.21. The van der Waals surface area contributed by atoms with E-state index in [1.165, 1.54) is 6.33 Å². The molecule has 0 spiro atoms. The lowest BCUT2D eigenvalue weighted by molar-refractivity contribution is -0.150. The lowest BCUT2D eigenvalue weighted by atomic mass is 10.2. The molecule has 0 aromatic carbocycles. The van der Waals surface area contributed by atoms with E-state index in [-0.39, 0.29) is 0 Å². The maximum Gasteiger partial charge on any atom is 0.334 e. The second-order valence-electron chi connectivity index (χ2n) is 4.39. The van der Waals surface area contributed by atoms with Gasteiger partial charge in [0.25, 0.3) is 0 Å². The summed E-state index contributed by atoms with van der Waals surface area (Å²) in [6, 6.07) is 1.87. The van der Waals surface area contributed by atoms with Crippen LogP contribution in [-0.2, 0) is 9.53 Å². The fourth-order valence-corrected chi connectivity index (χ4v) is 1.89. The smallest absolute Gasteiger partial charge is 0.334 e. The summed E-state index contributed by atoms with van der Waals surface area (Å²) >= 11 is 0. The van der Waals surface area contributed by atoms with Crippen molar-refractivity contribution in [1.29, 1.82) is 0 Å². The highest BCUT2D eigenvalue weighted by atomic mass is 16.5. The Hall–Kier alpha value is -1.89. The minimum absolute atomic E-state index is 0.307. The predicted molar refractivity (Wildman–Crippen MR) is 70.6 cm³/mol. The number of morpholine rings is 1. The standard InChI is InChI=1S/C12H18N4O3/c1-3-15(2)10-6-11(14-8-13-10)16-4-5-19-9(7-16)12(17)18/h6,8-9H,3-5,7H2,1-2H3,(H,17,18). The van der Waals surface area contributed by atoms with Crippen LogP contribution in [0.3, 0.4) is 0 Å². The Morgan fingerprint density at radius 2 is 2.42 bits per heavy atom. The molecule has 0 radical (unpaired) electrons. The topological polar surface area (TPSA) is 78.8 Å². The molecule has 1 aromatic rings. The quantitative estimate of drug-likeness (QED) is 0.835. The van der Waals surface area contributed by atoms with Crippen LogP contribution in [0, 0.1) is 0 Å². The van der Waals surface area contributed by atoms with Crippen LogP contribution in [0.4, 0.5) is 11.6 Å². The molecule has 19 heavy (non-hydrogen) atoms. The lowest BCUT2D eigenvalue weighted by Crippen LogP contribution is -2.46. The first kappa shape index (κ1) is 13.5. The first-order valence-corrected chi connectivity index (χ1v) is 6.24. The number of anilines is 2. The minimum atomic E-state index is -0.940. The average molecular weight is 266 g/mol. The molecular weight excluding hydrogens is 248 g/mol.